The summed E-state index contributed by atoms with van der Waals surface area (Å²) in [6.45, 7) is 0.348. The van der Waals surface area contributed by atoms with Crippen molar-refractivity contribution in [2.45, 2.75) is 48.0 Å². The summed E-state index contributed by atoms with van der Waals surface area (Å²) in [6.07, 6.45) is 5.20. The van der Waals surface area contributed by atoms with Crippen LogP contribution in [0.4, 0.5) is 0 Å². The number of halogens is 3. The Labute approximate surface area is 99.9 Å². The number of rotatable bonds is 3. The highest BCUT2D eigenvalue weighted by atomic mass is 35.6. The van der Waals surface area contributed by atoms with Gasteiger partial charge in [-0.15, -0.1) is 0 Å². The summed E-state index contributed by atoms with van der Waals surface area (Å²) in [5.41, 5.74) is 0. The van der Waals surface area contributed by atoms with Crippen molar-refractivity contribution >= 4 is 34.8 Å². The fourth-order valence-corrected chi connectivity index (χ4v) is 1.93. The molecule has 1 aliphatic rings. The average Bonchev–Trinajstić information content (AvgIpc) is 2.14. The highest BCUT2D eigenvalue weighted by Gasteiger charge is 2.30. The van der Waals surface area contributed by atoms with E-state index in [-0.39, 0.29) is 0 Å². The van der Waals surface area contributed by atoms with Crippen LogP contribution in [-0.4, -0.2) is 27.6 Å². The van der Waals surface area contributed by atoms with E-state index in [0.717, 1.165) is 12.8 Å². The average molecular weight is 261 g/mol. The molecule has 0 aliphatic heterocycles. The first-order valence-corrected chi connectivity index (χ1v) is 6.11. The maximum atomic E-state index is 9.46. The summed E-state index contributed by atoms with van der Waals surface area (Å²) >= 11 is 16.6. The molecule has 0 radical (unpaired) electrons. The molecule has 0 bridgehead atoms. The van der Waals surface area contributed by atoms with E-state index in [4.69, 9.17) is 34.8 Å². The first-order chi connectivity index (χ1) is 6.50. The number of aliphatic hydroxyl groups excluding tert-OH is 1. The van der Waals surface area contributed by atoms with Gasteiger partial charge in [-0.25, -0.2) is 0 Å². The van der Waals surface area contributed by atoms with Crippen LogP contribution in [-0.2, 0) is 0 Å². The van der Waals surface area contributed by atoms with E-state index < -0.39 is 9.90 Å². The molecule has 1 unspecified atom stereocenters. The van der Waals surface area contributed by atoms with Crippen LogP contribution in [0.15, 0.2) is 0 Å². The maximum absolute atomic E-state index is 9.46. The van der Waals surface area contributed by atoms with Crippen molar-refractivity contribution in [2.75, 3.05) is 6.54 Å². The zero-order valence-corrected chi connectivity index (χ0v) is 10.2. The molecule has 1 rings (SSSR count). The van der Waals surface area contributed by atoms with E-state index in [0.29, 0.717) is 12.6 Å². The van der Waals surface area contributed by atoms with Crippen molar-refractivity contribution < 1.29 is 5.11 Å². The Balaban J connectivity index is 2.19. The molecule has 0 aromatic heterocycles. The molecule has 84 valence electrons. The van der Waals surface area contributed by atoms with Crippen LogP contribution >= 0.6 is 34.8 Å². The van der Waals surface area contributed by atoms with Gasteiger partial charge < -0.3 is 10.4 Å². The van der Waals surface area contributed by atoms with Crippen molar-refractivity contribution in [3.05, 3.63) is 0 Å². The van der Waals surface area contributed by atoms with Crippen LogP contribution in [0, 0.1) is 0 Å². The van der Waals surface area contributed by atoms with E-state index in [1.807, 2.05) is 0 Å². The second kappa shape index (κ2) is 5.76. The fourth-order valence-electron chi connectivity index (χ4n) is 1.70. The van der Waals surface area contributed by atoms with Gasteiger partial charge >= 0.3 is 0 Å². The van der Waals surface area contributed by atoms with Gasteiger partial charge in [-0.05, 0) is 12.8 Å². The van der Waals surface area contributed by atoms with E-state index in [1.54, 1.807) is 0 Å². The number of hydrogen-bond acceptors (Lipinski definition) is 2. The van der Waals surface area contributed by atoms with E-state index in [2.05, 4.69) is 5.32 Å². The van der Waals surface area contributed by atoms with E-state index >= 15 is 0 Å². The summed E-state index contributed by atoms with van der Waals surface area (Å²) in [5, 5.41) is 12.7. The summed E-state index contributed by atoms with van der Waals surface area (Å²) in [5.74, 6) is 0. The van der Waals surface area contributed by atoms with Gasteiger partial charge in [-0.3, -0.25) is 0 Å². The van der Waals surface area contributed by atoms with Crippen LogP contribution in [0.2, 0.25) is 0 Å². The van der Waals surface area contributed by atoms with Gasteiger partial charge in [0.25, 0.3) is 0 Å². The molecule has 0 saturated heterocycles. The Morgan fingerprint density at radius 1 is 1.21 bits per heavy atom. The maximum Gasteiger partial charge on any atom is 0.217 e. The predicted molar refractivity (Wildman–Crippen MR) is 61.2 cm³/mol. The Kier molecular flexibility index (Phi) is 5.29. The van der Waals surface area contributed by atoms with Crippen molar-refractivity contribution in [1.29, 1.82) is 0 Å². The number of alkyl halides is 3. The summed E-state index contributed by atoms with van der Waals surface area (Å²) in [6, 6.07) is 0.478. The normalized spacial score (nSPS) is 22.3. The van der Waals surface area contributed by atoms with Gasteiger partial charge in [0, 0.05) is 12.6 Å². The summed E-state index contributed by atoms with van der Waals surface area (Å²) in [7, 11) is 0. The monoisotopic (exact) mass is 259 g/mol. The van der Waals surface area contributed by atoms with Crippen LogP contribution in [0.3, 0.4) is 0 Å². The van der Waals surface area contributed by atoms with Gasteiger partial charge in [0.15, 0.2) is 0 Å². The Morgan fingerprint density at radius 2 is 1.79 bits per heavy atom. The minimum Gasteiger partial charge on any atom is -0.387 e. The quantitative estimate of drug-likeness (QED) is 0.765. The standard InChI is InChI=1S/C9H16Cl3NO/c10-9(11,12)8(14)6-13-7-4-2-1-3-5-7/h7-8,13-14H,1-6H2. The third-order valence-electron chi connectivity index (χ3n) is 2.58. The second-order valence-corrected chi connectivity index (χ2v) is 6.17. The van der Waals surface area contributed by atoms with Crippen molar-refractivity contribution in [2.24, 2.45) is 0 Å². The lowest BCUT2D eigenvalue weighted by atomic mass is 9.95. The number of hydrogen-bond donors (Lipinski definition) is 2. The van der Waals surface area contributed by atoms with Crippen molar-refractivity contribution in [1.82, 2.24) is 5.32 Å². The fraction of sp³-hybridized carbons (Fsp3) is 1.00. The van der Waals surface area contributed by atoms with Crippen molar-refractivity contribution in [3.63, 3.8) is 0 Å². The van der Waals surface area contributed by atoms with Crippen LogP contribution in [0.25, 0.3) is 0 Å². The first kappa shape index (κ1) is 12.9. The third-order valence-corrected chi connectivity index (χ3v) is 3.34. The molecule has 0 aromatic carbocycles. The van der Waals surface area contributed by atoms with Crippen LogP contribution in [0.5, 0.6) is 0 Å². The predicted octanol–water partition coefficient (Wildman–Crippen LogP) is 2.64. The molecule has 14 heavy (non-hydrogen) atoms. The van der Waals surface area contributed by atoms with E-state index in [9.17, 15) is 5.11 Å². The minimum atomic E-state index is -1.58. The molecule has 0 heterocycles. The molecule has 1 fully saturated rings. The molecule has 0 aromatic rings. The lowest BCUT2D eigenvalue weighted by Crippen LogP contribution is -2.41. The SMILES string of the molecule is OC(CNC1CCCCC1)C(Cl)(Cl)Cl. The highest BCUT2D eigenvalue weighted by Crippen LogP contribution is 2.30. The smallest absolute Gasteiger partial charge is 0.217 e. The van der Waals surface area contributed by atoms with E-state index in [1.165, 1.54) is 19.3 Å². The second-order valence-electron chi connectivity index (χ2n) is 3.80. The molecule has 2 nitrogen and oxygen atoms in total. The van der Waals surface area contributed by atoms with Gasteiger partial charge in [0.2, 0.25) is 3.79 Å². The topological polar surface area (TPSA) is 32.3 Å². The largest absolute Gasteiger partial charge is 0.387 e. The van der Waals surface area contributed by atoms with Crippen molar-refractivity contribution in [3.8, 4) is 0 Å². The molecule has 5 heteroatoms. The molecule has 2 N–H and O–H groups in total. The molecule has 0 amide bonds. The third kappa shape index (κ3) is 4.54. The zero-order chi connectivity index (χ0) is 10.6. The van der Waals surface area contributed by atoms with Gasteiger partial charge in [0.1, 0.15) is 6.10 Å². The van der Waals surface area contributed by atoms with Gasteiger partial charge in [-0.2, -0.15) is 0 Å². The highest BCUT2D eigenvalue weighted by molar-refractivity contribution is 6.68. The molecule has 1 aliphatic carbocycles. The molecule has 1 saturated carbocycles. The molecular weight excluding hydrogens is 244 g/mol. The summed E-state index contributed by atoms with van der Waals surface area (Å²) < 4.78 is -1.58. The number of nitrogens with one attached hydrogen (secondary N) is 1. The Morgan fingerprint density at radius 3 is 2.29 bits per heavy atom. The lowest BCUT2D eigenvalue weighted by Gasteiger charge is -2.26. The molecule has 1 atom stereocenters. The minimum absolute atomic E-state index is 0.348. The Hall–Kier alpha value is 0.790. The lowest BCUT2D eigenvalue weighted by molar-refractivity contribution is 0.166. The zero-order valence-electron chi connectivity index (χ0n) is 7.98. The van der Waals surface area contributed by atoms with Crippen LogP contribution in [0.1, 0.15) is 32.1 Å². The Bertz CT molecular complexity index is 166. The number of aliphatic hydroxyl groups is 1. The molecule has 0 spiro atoms. The van der Waals surface area contributed by atoms with Crippen LogP contribution < -0.4 is 5.32 Å². The molecular formula is C9H16Cl3NO. The summed E-state index contributed by atoms with van der Waals surface area (Å²) in [4.78, 5) is 0. The first-order valence-electron chi connectivity index (χ1n) is 4.98. The van der Waals surface area contributed by atoms with Gasteiger partial charge in [-0.1, -0.05) is 54.1 Å². The van der Waals surface area contributed by atoms with Gasteiger partial charge in [0.05, 0.1) is 0 Å².